The lowest BCUT2D eigenvalue weighted by Crippen LogP contribution is -2.46. The van der Waals surface area contributed by atoms with Gasteiger partial charge < -0.3 is 15.4 Å². The Morgan fingerprint density at radius 1 is 0.967 bits per heavy atom. The third-order valence-corrected chi connectivity index (χ3v) is 5.49. The quantitative estimate of drug-likeness (QED) is 0.628. The predicted octanol–water partition coefficient (Wildman–Crippen LogP) is 3.12. The third-order valence-electron chi connectivity index (χ3n) is 5.49. The van der Waals surface area contributed by atoms with Gasteiger partial charge in [-0.2, -0.15) is 0 Å². The molecule has 164 valence electrons. The van der Waals surface area contributed by atoms with Gasteiger partial charge in [0.2, 0.25) is 5.91 Å². The first kappa shape index (κ1) is 24.4. The number of piperidine rings is 1. The Labute approximate surface area is 186 Å². The van der Waals surface area contributed by atoms with Crippen LogP contribution in [0.15, 0.2) is 60.7 Å². The van der Waals surface area contributed by atoms with E-state index in [9.17, 15) is 4.79 Å². The van der Waals surface area contributed by atoms with E-state index < -0.39 is 0 Å². The third kappa shape index (κ3) is 8.07. The number of carbonyl (C=O) groups is 1. The van der Waals surface area contributed by atoms with Gasteiger partial charge in [-0.3, -0.25) is 9.69 Å². The second kappa shape index (κ2) is 13.4. The van der Waals surface area contributed by atoms with Crippen molar-refractivity contribution >= 4 is 18.3 Å². The average Bonchev–Trinajstić information content (AvgIpc) is 2.78. The van der Waals surface area contributed by atoms with Crippen molar-refractivity contribution in [2.45, 2.75) is 32.0 Å². The van der Waals surface area contributed by atoms with E-state index in [-0.39, 0.29) is 24.4 Å². The number of halogens is 1. The number of amides is 1. The molecule has 2 aromatic carbocycles. The van der Waals surface area contributed by atoms with Crippen molar-refractivity contribution in [3.63, 3.8) is 0 Å². The maximum absolute atomic E-state index is 12.8. The van der Waals surface area contributed by atoms with Crippen LogP contribution in [0.5, 0.6) is 0 Å². The number of likely N-dealkylation sites (tertiary alicyclic amines) is 1. The molecule has 1 aliphatic heterocycles. The van der Waals surface area contributed by atoms with Gasteiger partial charge in [0.25, 0.3) is 0 Å². The van der Waals surface area contributed by atoms with Gasteiger partial charge in [0.15, 0.2) is 0 Å². The van der Waals surface area contributed by atoms with Crippen molar-refractivity contribution in [2.24, 2.45) is 5.73 Å². The summed E-state index contributed by atoms with van der Waals surface area (Å²) in [7, 11) is 0. The maximum Gasteiger partial charge on any atom is 0.236 e. The molecule has 0 unspecified atom stereocenters. The van der Waals surface area contributed by atoms with E-state index in [1.54, 1.807) is 0 Å². The zero-order chi connectivity index (χ0) is 20.3. The molecular formula is C24H34ClN3O2. The van der Waals surface area contributed by atoms with E-state index in [4.69, 9.17) is 10.5 Å². The highest BCUT2D eigenvalue weighted by atomic mass is 35.5. The molecule has 0 bridgehead atoms. The summed E-state index contributed by atoms with van der Waals surface area (Å²) >= 11 is 0. The Kier molecular flexibility index (Phi) is 10.9. The van der Waals surface area contributed by atoms with Gasteiger partial charge in [-0.15, -0.1) is 12.4 Å². The fourth-order valence-electron chi connectivity index (χ4n) is 3.74. The summed E-state index contributed by atoms with van der Waals surface area (Å²) < 4.78 is 6.04. The highest BCUT2D eigenvalue weighted by Crippen LogP contribution is 2.16. The molecule has 0 aromatic heterocycles. The predicted molar refractivity (Wildman–Crippen MR) is 124 cm³/mol. The molecule has 1 heterocycles. The number of nitrogens with zero attached hydrogens (tertiary/aromatic N) is 2. The lowest BCUT2D eigenvalue weighted by atomic mass is 10.1. The summed E-state index contributed by atoms with van der Waals surface area (Å²) in [5.41, 5.74) is 8.26. The summed E-state index contributed by atoms with van der Waals surface area (Å²) in [5.74, 6) is 0.202. The smallest absolute Gasteiger partial charge is 0.236 e. The highest BCUT2D eigenvalue weighted by molar-refractivity contribution is 5.85. The van der Waals surface area contributed by atoms with Gasteiger partial charge in [0.1, 0.15) is 0 Å². The Balaban J connectivity index is 0.00000320. The summed E-state index contributed by atoms with van der Waals surface area (Å²) in [6, 6.07) is 20.6. The second-order valence-electron chi connectivity index (χ2n) is 7.68. The van der Waals surface area contributed by atoms with Crippen LogP contribution in [0.25, 0.3) is 0 Å². The van der Waals surface area contributed by atoms with Crippen molar-refractivity contribution in [1.82, 2.24) is 9.80 Å². The van der Waals surface area contributed by atoms with Crippen LogP contribution in [0.2, 0.25) is 0 Å². The monoisotopic (exact) mass is 431 g/mol. The van der Waals surface area contributed by atoms with Crippen molar-refractivity contribution in [2.75, 3.05) is 39.3 Å². The van der Waals surface area contributed by atoms with E-state index in [1.165, 1.54) is 11.1 Å². The molecule has 0 spiro atoms. The molecule has 0 saturated carbocycles. The number of hydrogen-bond acceptors (Lipinski definition) is 4. The maximum atomic E-state index is 12.8. The molecule has 1 saturated heterocycles. The first-order chi connectivity index (χ1) is 14.2. The molecule has 1 amide bonds. The van der Waals surface area contributed by atoms with Crippen LogP contribution in [-0.4, -0.2) is 61.1 Å². The number of hydrogen-bond donors (Lipinski definition) is 1. The minimum Gasteiger partial charge on any atom is -0.373 e. The fraction of sp³-hybridized carbons (Fsp3) is 0.458. The Morgan fingerprint density at radius 3 is 2.17 bits per heavy atom. The van der Waals surface area contributed by atoms with Gasteiger partial charge in [0.05, 0.1) is 19.3 Å². The largest absolute Gasteiger partial charge is 0.373 e. The summed E-state index contributed by atoms with van der Waals surface area (Å²) in [6.07, 6.45) is 2.97. The molecule has 0 atom stereocenters. The number of benzene rings is 2. The number of carbonyl (C=O) groups excluding carboxylic acids is 1. The number of rotatable bonds is 10. The first-order valence-electron chi connectivity index (χ1n) is 10.6. The number of ether oxygens (including phenoxy) is 1. The minimum atomic E-state index is 0. The highest BCUT2D eigenvalue weighted by Gasteiger charge is 2.24. The summed E-state index contributed by atoms with van der Waals surface area (Å²) in [5, 5.41) is 0. The molecule has 1 aliphatic rings. The molecule has 1 fully saturated rings. The minimum absolute atomic E-state index is 0. The molecule has 3 rings (SSSR count). The van der Waals surface area contributed by atoms with Crippen LogP contribution in [0, 0.1) is 0 Å². The van der Waals surface area contributed by atoms with Gasteiger partial charge in [-0.05, 0) is 30.4 Å². The molecule has 0 radical (unpaired) electrons. The van der Waals surface area contributed by atoms with Crippen molar-refractivity contribution in [3.8, 4) is 0 Å². The zero-order valence-corrected chi connectivity index (χ0v) is 18.4. The second-order valence-corrected chi connectivity index (χ2v) is 7.68. The van der Waals surface area contributed by atoms with Crippen LogP contribution in [0.1, 0.15) is 24.0 Å². The standard InChI is InChI=1S/C24H33N3O2.ClH/c25-14-18-26(15-11-21-7-3-1-4-8-21)19-24(28)27-16-12-23(13-17-27)29-20-22-9-5-2-6-10-22;/h1-10,23H,11-20,25H2;1H. The number of nitrogens with two attached hydrogens (primary N) is 1. The van der Waals surface area contributed by atoms with Gasteiger partial charge in [-0.25, -0.2) is 0 Å². The normalized spacial score (nSPS) is 14.5. The van der Waals surface area contributed by atoms with E-state index in [1.807, 2.05) is 29.2 Å². The van der Waals surface area contributed by atoms with Crippen LogP contribution < -0.4 is 5.73 Å². The molecule has 0 aliphatic carbocycles. The van der Waals surface area contributed by atoms with Crippen molar-refractivity contribution in [1.29, 1.82) is 0 Å². The zero-order valence-electron chi connectivity index (χ0n) is 17.6. The summed E-state index contributed by atoms with van der Waals surface area (Å²) in [4.78, 5) is 16.9. The lowest BCUT2D eigenvalue weighted by molar-refractivity contribution is -0.135. The van der Waals surface area contributed by atoms with E-state index >= 15 is 0 Å². The molecule has 2 aromatic rings. The Bertz CT molecular complexity index is 722. The fourth-order valence-corrected chi connectivity index (χ4v) is 3.74. The van der Waals surface area contributed by atoms with Crippen LogP contribution in [-0.2, 0) is 22.6 Å². The Morgan fingerprint density at radius 2 is 1.57 bits per heavy atom. The SMILES string of the molecule is Cl.NCCN(CCc1ccccc1)CC(=O)N1CCC(OCc2ccccc2)CC1. The Hall–Kier alpha value is -1.92. The average molecular weight is 432 g/mol. The molecule has 6 heteroatoms. The van der Waals surface area contributed by atoms with Crippen LogP contribution in [0.3, 0.4) is 0 Å². The first-order valence-corrected chi connectivity index (χ1v) is 10.6. The van der Waals surface area contributed by atoms with E-state index in [0.29, 0.717) is 19.7 Å². The molecule has 5 nitrogen and oxygen atoms in total. The molecular weight excluding hydrogens is 398 g/mol. The lowest BCUT2D eigenvalue weighted by Gasteiger charge is -2.33. The van der Waals surface area contributed by atoms with Gasteiger partial charge in [-0.1, -0.05) is 60.7 Å². The van der Waals surface area contributed by atoms with Crippen LogP contribution in [0.4, 0.5) is 0 Å². The van der Waals surface area contributed by atoms with Gasteiger partial charge in [0, 0.05) is 32.7 Å². The van der Waals surface area contributed by atoms with Crippen LogP contribution >= 0.6 is 12.4 Å². The van der Waals surface area contributed by atoms with Crippen molar-refractivity contribution < 1.29 is 9.53 Å². The summed E-state index contributed by atoms with van der Waals surface area (Å²) in [6.45, 7) is 4.79. The van der Waals surface area contributed by atoms with Crippen molar-refractivity contribution in [3.05, 3.63) is 71.8 Å². The van der Waals surface area contributed by atoms with E-state index in [2.05, 4.69) is 41.3 Å². The molecule has 30 heavy (non-hydrogen) atoms. The van der Waals surface area contributed by atoms with Gasteiger partial charge >= 0.3 is 0 Å². The van der Waals surface area contributed by atoms with E-state index in [0.717, 1.165) is 45.4 Å². The topological polar surface area (TPSA) is 58.8 Å². The molecule has 2 N–H and O–H groups in total.